The number of aryl methyl sites for hydroxylation is 1. The van der Waals surface area contributed by atoms with Gasteiger partial charge >= 0.3 is 0 Å². The predicted octanol–water partition coefficient (Wildman–Crippen LogP) is 1.33. The molecule has 0 radical (unpaired) electrons. The van der Waals surface area contributed by atoms with E-state index in [-0.39, 0.29) is 11.0 Å². The van der Waals surface area contributed by atoms with Crippen molar-refractivity contribution in [2.75, 3.05) is 5.32 Å². The second kappa shape index (κ2) is 4.61. The van der Waals surface area contributed by atoms with Gasteiger partial charge in [-0.25, -0.2) is 0 Å². The van der Waals surface area contributed by atoms with Gasteiger partial charge in [0.25, 0.3) is 5.91 Å². The zero-order chi connectivity index (χ0) is 12.3. The maximum Gasteiger partial charge on any atom is 0.261 e. The number of aromatic nitrogens is 2. The number of hydrogen-bond donors (Lipinski definition) is 2. The molecule has 2 N–H and O–H groups in total. The number of nitrogens with one attached hydrogen (secondary N) is 2. The monoisotopic (exact) mass is 229 g/mol. The van der Waals surface area contributed by atoms with E-state index in [1.54, 1.807) is 25.3 Å². The van der Waals surface area contributed by atoms with Crippen LogP contribution in [0.4, 0.5) is 5.69 Å². The van der Waals surface area contributed by atoms with Gasteiger partial charge in [0, 0.05) is 24.7 Å². The molecule has 5 nitrogen and oxygen atoms in total. The van der Waals surface area contributed by atoms with Crippen LogP contribution in [0.25, 0.3) is 0 Å². The Bertz CT molecular complexity index is 604. The summed E-state index contributed by atoms with van der Waals surface area (Å²) in [5.74, 6) is -0.442. The molecule has 5 heteroatoms. The van der Waals surface area contributed by atoms with Gasteiger partial charge in [-0.3, -0.25) is 14.6 Å². The molecule has 2 rings (SSSR count). The van der Waals surface area contributed by atoms with Gasteiger partial charge < -0.3 is 10.3 Å². The maximum absolute atomic E-state index is 11.8. The molecule has 2 heterocycles. The first kappa shape index (κ1) is 11.1. The van der Waals surface area contributed by atoms with Crippen molar-refractivity contribution in [1.29, 1.82) is 0 Å². The van der Waals surface area contributed by atoms with Crippen LogP contribution in [0.3, 0.4) is 0 Å². The molecule has 2 aromatic rings. The zero-order valence-electron chi connectivity index (χ0n) is 9.23. The van der Waals surface area contributed by atoms with Gasteiger partial charge in [-0.15, -0.1) is 0 Å². The van der Waals surface area contributed by atoms with Crippen molar-refractivity contribution >= 4 is 11.6 Å². The van der Waals surface area contributed by atoms with Crippen LogP contribution in [-0.4, -0.2) is 15.9 Å². The van der Waals surface area contributed by atoms with E-state index in [1.165, 1.54) is 18.5 Å². The molecule has 17 heavy (non-hydrogen) atoms. The number of carbonyl (C=O) groups is 1. The van der Waals surface area contributed by atoms with Crippen LogP contribution in [0.5, 0.6) is 0 Å². The number of aromatic amines is 1. The Morgan fingerprint density at radius 1 is 1.41 bits per heavy atom. The van der Waals surface area contributed by atoms with E-state index in [0.29, 0.717) is 11.4 Å². The Kier molecular flexibility index (Phi) is 3.00. The van der Waals surface area contributed by atoms with Gasteiger partial charge in [-0.1, -0.05) is 0 Å². The molecule has 0 aliphatic rings. The Hall–Kier alpha value is -2.43. The SMILES string of the molecule is Cc1ncccc1NC(=O)c1c[nH]ccc1=O. The van der Waals surface area contributed by atoms with E-state index in [1.807, 2.05) is 0 Å². The molecule has 0 fully saturated rings. The minimum absolute atomic E-state index is 0.0794. The summed E-state index contributed by atoms with van der Waals surface area (Å²) >= 11 is 0. The van der Waals surface area contributed by atoms with Crippen molar-refractivity contribution < 1.29 is 4.79 Å². The van der Waals surface area contributed by atoms with Crippen LogP contribution in [0.2, 0.25) is 0 Å². The summed E-state index contributed by atoms with van der Waals surface area (Å²) in [4.78, 5) is 30.0. The van der Waals surface area contributed by atoms with Crippen molar-refractivity contribution in [3.8, 4) is 0 Å². The molecule has 0 saturated heterocycles. The van der Waals surface area contributed by atoms with Crippen molar-refractivity contribution in [2.24, 2.45) is 0 Å². The molecule has 0 aliphatic heterocycles. The van der Waals surface area contributed by atoms with Crippen molar-refractivity contribution in [3.05, 3.63) is 58.3 Å². The number of nitrogens with zero attached hydrogens (tertiary/aromatic N) is 1. The van der Waals surface area contributed by atoms with Gasteiger partial charge in [0.2, 0.25) is 0 Å². The number of amides is 1. The van der Waals surface area contributed by atoms with Gasteiger partial charge in [0.1, 0.15) is 5.56 Å². The third-order valence-electron chi connectivity index (χ3n) is 2.32. The summed E-state index contributed by atoms with van der Waals surface area (Å²) < 4.78 is 0. The number of anilines is 1. The third-order valence-corrected chi connectivity index (χ3v) is 2.32. The Morgan fingerprint density at radius 3 is 2.94 bits per heavy atom. The fourth-order valence-electron chi connectivity index (χ4n) is 1.40. The van der Waals surface area contributed by atoms with E-state index in [2.05, 4.69) is 15.3 Å². The smallest absolute Gasteiger partial charge is 0.261 e. The van der Waals surface area contributed by atoms with E-state index in [9.17, 15) is 9.59 Å². The fraction of sp³-hybridized carbons (Fsp3) is 0.0833. The zero-order valence-corrected chi connectivity index (χ0v) is 9.23. The molecule has 0 bridgehead atoms. The maximum atomic E-state index is 11.8. The Morgan fingerprint density at radius 2 is 2.24 bits per heavy atom. The number of pyridine rings is 2. The molecule has 0 unspecified atom stereocenters. The second-order valence-electron chi connectivity index (χ2n) is 3.51. The van der Waals surface area contributed by atoms with Crippen LogP contribution in [-0.2, 0) is 0 Å². The first-order chi connectivity index (χ1) is 8.18. The first-order valence-corrected chi connectivity index (χ1v) is 5.08. The van der Waals surface area contributed by atoms with Crippen molar-refractivity contribution in [1.82, 2.24) is 9.97 Å². The Labute approximate surface area is 97.5 Å². The van der Waals surface area contributed by atoms with E-state index in [0.717, 1.165) is 0 Å². The molecule has 2 aromatic heterocycles. The van der Waals surface area contributed by atoms with Crippen LogP contribution in [0.15, 0.2) is 41.6 Å². The largest absolute Gasteiger partial charge is 0.367 e. The highest BCUT2D eigenvalue weighted by Crippen LogP contribution is 2.10. The minimum Gasteiger partial charge on any atom is -0.367 e. The summed E-state index contributed by atoms with van der Waals surface area (Å²) in [7, 11) is 0. The van der Waals surface area contributed by atoms with Crippen LogP contribution < -0.4 is 10.7 Å². The lowest BCUT2D eigenvalue weighted by molar-refractivity contribution is 0.102. The molecular formula is C12H11N3O2. The lowest BCUT2D eigenvalue weighted by Gasteiger charge is -2.06. The van der Waals surface area contributed by atoms with Crippen molar-refractivity contribution in [3.63, 3.8) is 0 Å². The average Bonchev–Trinajstić information content (AvgIpc) is 2.32. The fourth-order valence-corrected chi connectivity index (χ4v) is 1.40. The summed E-state index contributed by atoms with van der Waals surface area (Å²) in [5.41, 5.74) is 1.06. The number of carbonyl (C=O) groups excluding carboxylic acids is 1. The molecule has 0 spiro atoms. The van der Waals surface area contributed by atoms with E-state index >= 15 is 0 Å². The first-order valence-electron chi connectivity index (χ1n) is 5.08. The standard InChI is InChI=1S/C12H11N3O2/c1-8-10(3-2-5-14-8)15-12(17)9-7-13-6-4-11(9)16/h2-7H,1H3,(H,13,16)(H,15,17). The normalized spacial score (nSPS) is 9.94. The van der Waals surface area contributed by atoms with Crippen LogP contribution in [0.1, 0.15) is 16.1 Å². The Balaban J connectivity index is 2.27. The average molecular weight is 229 g/mol. The summed E-state index contributed by atoms with van der Waals surface area (Å²) in [6.45, 7) is 1.78. The summed E-state index contributed by atoms with van der Waals surface area (Å²) in [6.07, 6.45) is 4.50. The molecule has 0 aromatic carbocycles. The summed E-state index contributed by atoms with van der Waals surface area (Å²) in [5, 5.41) is 2.65. The number of H-pyrrole nitrogens is 1. The number of hydrogen-bond acceptors (Lipinski definition) is 3. The molecule has 86 valence electrons. The molecule has 1 amide bonds. The predicted molar refractivity (Wildman–Crippen MR) is 64.0 cm³/mol. The third kappa shape index (κ3) is 2.39. The highest BCUT2D eigenvalue weighted by molar-refractivity contribution is 6.04. The lowest BCUT2D eigenvalue weighted by atomic mass is 10.2. The van der Waals surface area contributed by atoms with Gasteiger partial charge in [-0.05, 0) is 19.1 Å². The highest BCUT2D eigenvalue weighted by atomic mass is 16.2. The van der Waals surface area contributed by atoms with E-state index in [4.69, 9.17) is 0 Å². The van der Waals surface area contributed by atoms with E-state index < -0.39 is 5.91 Å². The summed E-state index contributed by atoms with van der Waals surface area (Å²) in [6, 6.07) is 4.76. The number of rotatable bonds is 2. The molecule has 0 saturated carbocycles. The molecular weight excluding hydrogens is 218 g/mol. The van der Waals surface area contributed by atoms with Crippen molar-refractivity contribution in [2.45, 2.75) is 6.92 Å². The molecule has 0 aliphatic carbocycles. The van der Waals surface area contributed by atoms with Gasteiger partial charge in [0.05, 0.1) is 11.4 Å². The molecule has 0 atom stereocenters. The van der Waals surface area contributed by atoms with Crippen LogP contribution >= 0.6 is 0 Å². The minimum atomic E-state index is -0.442. The second-order valence-corrected chi connectivity index (χ2v) is 3.51. The lowest BCUT2D eigenvalue weighted by Crippen LogP contribution is -2.21. The van der Waals surface area contributed by atoms with Gasteiger partial charge in [-0.2, -0.15) is 0 Å². The highest BCUT2D eigenvalue weighted by Gasteiger charge is 2.10. The topological polar surface area (TPSA) is 74.8 Å². The quantitative estimate of drug-likeness (QED) is 0.815. The van der Waals surface area contributed by atoms with Gasteiger partial charge in [0.15, 0.2) is 5.43 Å². The van der Waals surface area contributed by atoms with Crippen LogP contribution in [0, 0.1) is 6.92 Å².